The second-order valence-electron chi connectivity index (χ2n) is 7.14. The zero-order chi connectivity index (χ0) is 20.4. The fourth-order valence-corrected chi connectivity index (χ4v) is 4.05. The number of hydrogen-bond acceptors (Lipinski definition) is 2. The van der Waals surface area contributed by atoms with Crippen LogP contribution < -0.4 is 15.5 Å². The van der Waals surface area contributed by atoms with Gasteiger partial charge < -0.3 is 10.6 Å². The van der Waals surface area contributed by atoms with E-state index in [1.807, 2.05) is 36.4 Å². The number of rotatable bonds is 3. The van der Waals surface area contributed by atoms with Crippen LogP contribution in [0.3, 0.4) is 0 Å². The van der Waals surface area contributed by atoms with E-state index in [1.165, 1.54) is 0 Å². The normalized spacial score (nSPS) is 18.1. The summed E-state index contributed by atoms with van der Waals surface area (Å²) in [5.74, 6) is 0. The van der Waals surface area contributed by atoms with Crippen LogP contribution in [0.5, 0.6) is 0 Å². The molecule has 4 nitrogen and oxygen atoms in total. The molecule has 1 heterocycles. The van der Waals surface area contributed by atoms with Gasteiger partial charge in [-0.25, -0.2) is 4.79 Å². The second kappa shape index (κ2) is 8.36. The van der Waals surface area contributed by atoms with Crippen molar-refractivity contribution in [2.75, 3.05) is 15.5 Å². The lowest BCUT2D eigenvalue weighted by Crippen LogP contribution is -2.46. The van der Waals surface area contributed by atoms with Gasteiger partial charge in [-0.1, -0.05) is 59.6 Å². The molecule has 3 aromatic rings. The molecule has 6 heteroatoms. The fourth-order valence-electron chi connectivity index (χ4n) is 3.75. The Labute approximate surface area is 180 Å². The van der Waals surface area contributed by atoms with E-state index in [4.69, 9.17) is 23.2 Å². The topological polar surface area (TPSA) is 44.4 Å². The predicted octanol–water partition coefficient (Wildman–Crippen LogP) is 6.98. The summed E-state index contributed by atoms with van der Waals surface area (Å²) in [5, 5.41) is 7.40. The molecule has 0 bridgehead atoms. The zero-order valence-corrected chi connectivity index (χ0v) is 17.4. The molecule has 1 aliphatic rings. The lowest BCUT2D eigenvalue weighted by atomic mass is 9.91. The number of carbonyl (C=O) groups is 1. The van der Waals surface area contributed by atoms with Crippen molar-refractivity contribution in [3.63, 3.8) is 0 Å². The first-order chi connectivity index (χ1) is 14.0. The Morgan fingerprint density at radius 3 is 2.41 bits per heavy atom. The van der Waals surface area contributed by atoms with Crippen molar-refractivity contribution in [2.24, 2.45) is 0 Å². The molecule has 148 valence electrons. The lowest BCUT2D eigenvalue weighted by Gasteiger charge is -2.39. The van der Waals surface area contributed by atoms with E-state index >= 15 is 0 Å². The first-order valence-corrected chi connectivity index (χ1v) is 10.2. The molecule has 0 radical (unpaired) electrons. The molecule has 4 rings (SSSR count). The minimum atomic E-state index is -0.193. The molecule has 0 fully saturated rings. The Morgan fingerprint density at radius 2 is 1.66 bits per heavy atom. The Hall–Kier alpha value is -2.69. The van der Waals surface area contributed by atoms with Crippen LogP contribution in [0.15, 0.2) is 72.8 Å². The van der Waals surface area contributed by atoms with Crippen LogP contribution in [0.2, 0.25) is 10.0 Å². The summed E-state index contributed by atoms with van der Waals surface area (Å²) in [6.45, 7) is 2.06. The van der Waals surface area contributed by atoms with Gasteiger partial charge in [0, 0.05) is 17.4 Å². The number of anilines is 3. The lowest BCUT2D eigenvalue weighted by molar-refractivity contribution is 0.254. The molecule has 0 unspecified atom stereocenters. The van der Waals surface area contributed by atoms with Crippen LogP contribution >= 0.6 is 23.2 Å². The average molecular weight is 426 g/mol. The highest BCUT2D eigenvalue weighted by Gasteiger charge is 2.33. The molecule has 2 amide bonds. The minimum absolute atomic E-state index is 0.00823. The molecule has 0 saturated heterocycles. The van der Waals surface area contributed by atoms with Gasteiger partial charge in [0.05, 0.1) is 21.8 Å². The van der Waals surface area contributed by atoms with E-state index in [0.29, 0.717) is 15.7 Å². The number of amides is 2. The zero-order valence-electron chi connectivity index (χ0n) is 15.9. The molecule has 0 aliphatic carbocycles. The highest BCUT2D eigenvalue weighted by Crippen LogP contribution is 2.39. The highest BCUT2D eigenvalue weighted by atomic mass is 35.5. The summed E-state index contributed by atoms with van der Waals surface area (Å²) in [6.07, 6.45) is 0.792. The minimum Gasteiger partial charge on any atom is -0.378 e. The maximum Gasteiger partial charge on any atom is 0.326 e. The number of urea groups is 1. The number of para-hydroxylation sites is 2. The van der Waals surface area contributed by atoms with Gasteiger partial charge in [-0.05, 0) is 55.3 Å². The first-order valence-electron chi connectivity index (χ1n) is 9.48. The number of carbonyl (C=O) groups excluding carboxylic acids is 1. The molecule has 3 aromatic carbocycles. The number of halogens is 2. The van der Waals surface area contributed by atoms with E-state index in [0.717, 1.165) is 23.4 Å². The van der Waals surface area contributed by atoms with Crippen molar-refractivity contribution < 1.29 is 4.79 Å². The number of nitrogens with zero attached hydrogens (tertiary/aromatic N) is 1. The van der Waals surface area contributed by atoms with Crippen LogP contribution in [0.1, 0.15) is 24.9 Å². The van der Waals surface area contributed by atoms with Crippen molar-refractivity contribution in [3.05, 3.63) is 88.4 Å². The summed E-state index contributed by atoms with van der Waals surface area (Å²) in [7, 11) is 0. The molecular formula is C23H21Cl2N3O. The maximum atomic E-state index is 13.1. The summed E-state index contributed by atoms with van der Waals surface area (Å²) in [5.41, 5.74) is 3.67. The molecular weight excluding hydrogens is 405 g/mol. The standard InChI is InChI=1S/C23H21Cl2N3O/c1-15-13-21(26-16-7-3-2-4-8-16)18-9-5-6-10-22(18)28(15)23(29)27-17-11-12-19(24)20(25)14-17/h2-12,14-15,21,26H,13H2,1H3,(H,27,29)/t15-,21+/m0/s1. The third-order valence-corrected chi connectivity index (χ3v) is 5.83. The maximum absolute atomic E-state index is 13.1. The van der Waals surface area contributed by atoms with Crippen molar-refractivity contribution in [1.29, 1.82) is 0 Å². The second-order valence-corrected chi connectivity index (χ2v) is 7.95. The number of hydrogen-bond donors (Lipinski definition) is 2. The average Bonchev–Trinajstić information content (AvgIpc) is 2.71. The quantitative estimate of drug-likeness (QED) is 0.475. The van der Waals surface area contributed by atoms with Gasteiger partial charge in [0.1, 0.15) is 0 Å². The monoisotopic (exact) mass is 425 g/mol. The van der Waals surface area contributed by atoms with Gasteiger partial charge in [-0.2, -0.15) is 0 Å². The Kier molecular flexibility index (Phi) is 5.65. The van der Waals surface area contributed by atoms with E-state index in [1.54, 1.807) is 23.1 Å². The van der Waals surface area contributed by atoms with Gasteiger partial charge >= 0.3 is 6.03 Å². The van der Waals surface area contributed by atoms with Crippen LogP contribution in [0, 0.1) is 0 Å². The highest BCUT2D eigenvalue weighted by molar-refractivity contribution is 6.42. The Balaban J connectivity index is 1.60. The summed E-state index contributed by atoms with van der Waals surface area (Å²) >= 11 is 12.1. The summed E-state index contributed by atoms with van der Waals surface area (Å²) < 4.78 is 0. The molecule has 0 aromatic heterocycles. The molecule has 0 spiro atoms. The van der Waals surface area contributed by atoms with Crippen molar-refractivity contribution in [3.8, 4) is 0 Å². The van der Waals surface area contributed by atoms with Gasteiger partial charge in [0.25, 0.3) is 0 Å². The molecule has 1 aliphatic heterocycles. The molecule has 0 saturated carbocycles. The Morgan fingerprint density at radius 1 is 0.931 bits per heavy atom. The van der Waals surface area contributed by atoms with E-state index in [2.05, 4.69) is 35.8 Å². The van der Waals surface area contributed by atoms with Gasteiger partial charge in [0.2, 0.25) is 0 Å². The molecule has 29 heavy (non-hydrogen) atoms. The van der Waals surface area contributed by atoms with Crippen LogP contribution in [0.4, 0.5) is 21.9 Å². The van der Waals surface area contributed by atoms with Gasteiger partial charge in [-0.15, -0.1) is 0 Å². The van der Waals surface area contributed by atoms with Gasteiger partial charge in [-0.3, -0.25) is 4.90 Å². The van der Waals surface area contributed by atoms with Crippen LogP contribution in [0.25, 0.3) is 0 Å². The van der Waals surface area contributed by atoms with E-state index in [9.17, 15) is 4.79 Å². The summed E-state index contributed by atoms with van der Waals surface area (Å²) in [6, 6.07) is 23.1. The molecule has 2 N–H and O–H groups in total. The summed E-state index contributed by atoms with van der Waals surface area (Å²) in [4.78, 5) is 14.9. The van der Waals surface area contributed by atoms with Crippen LogP contribution in [-0.2, 0) is 0 Å². The Bertz CT molecular complexity index is 1030. The number of benzene rings is 3. The van der Waals surface area contributed by atoms with Gasteiger partial charge in [0.15, 0.2) is 0 Å². The van der Waals surface area contributed by atoms with E-state index < -0.39 is 0 Å². The number of fused-ring (bicyclic) bond motifs is 1. The third kappa shape index (κ3) is 4.19. The largest absolute Gasteiger partial charge is 0.378 e. The van der Waals surface area contributed by atoms with Crippen molar-refractivity contribution in [2.45, 2.75) is 25.4 Å². The van der Waals surface area contributed by atoms with Crippen molar-refractivity contribution in [1.82, 2.24) is 0 Å². The van der Waals surface area contributed by atoms with Crippen molar-refractivity contribution >= 4 is 46.3 Å². The van der Waals surface area contributed by atoms with Crippen LogP contribution in [-0.4, -0.2) is 12.1 Å². The number of nitrogens with one attached hydrogen (secondary N) is 2. The predicted molar refractivity (Wildman–Crippen MR) is 121 cm³/mol. The van der Waals surface area contributed by atoms with E-state index in [-0.39, 0.29) is 18.1 Å². The fraction of sp³-hybridized carbons (Fsp3) is 0.174. The molecule has 2 atom stereocenters. The first kappa shape index (κ1) is 19.6. The third-order valence-electron chi connectivity index (χ3n) is 5.09. The SMILES string of the molecule is C[C@H]1C[C@@H](Nc2ccccc2)c2ccccc2N1C(=O)Nc1ccc(Cl)c(Cl)c1. The smallest absolute Gasteiger partial charge is 0.326 e.